The Hall–Kier alpha value is -3.10. The highest BCUT2D eigenvalue weighted by Crippen LogP contribution is 2.27. The number of nitrogens with zero attached hydrogens (tertiary/aromatic N) is 1. The van der Waals surface area contributed by atoms with Gasteiger partial charge in [0.2, 0.25) is 17.7 Å². The minimum atomic E-state index is -1.27. The van der Waals surface area contributed by atoms with Crippen LogP contribution in [0.5, 0.6) is 0 Å². The summed E-state index contributed by atoms with van der Waals surface area (Å²) in [6, 6.07) is 3.59. The van der Waals surface area contributed by atoms with Gasteiger partial charge in [0.15, 0.2) is 0 Å². The highest BCUT2D eigenvalue weighted by molar-refractivity contribution is 5.94. The van der Waals surface area contributed by atoms with Crippen LogP contribution in [0.15, 0.2) is 18.2 Å². The van der Waals surface area contributed by atoms with E-state index in [0.29, 0.717) is 12.0 Å². The maximum absolute atomic E-state index is 14.0. The molecule has 38 heavy (non-hydrogen) atoms. The second-order valence-corrected chi connectivity index (χ2v) is 11.3. The van der Waals surface area contributed by atoms with Crippen LogP contribution in [0, 0.1) is 13.8 Å². The molecule has 0 spiro atoms. The zero-order chi connectivity index (χ0) is 28.5. The van der Waals surface area contributed by atoms with Crippen LogP contribution in [-0.4, -0.2) is 52.9 Å². The summed E-state index contributed by atoms with van der Waals surface area (Å²) in [5.74, 6) is -1.56. The monoisotopic (exact) mass is 530 g/mol. The van der Waals surface area contributed by atoms with Crippen LogP contribution in [0.2, 0.25) is 0 Å². The van der Waals surface area contributed by atoms with Gasteiger partial charge in [-0.25, -0.2) is 4.79 Å². The lowest BCUT2D eigenvalue weighted by atomic mass is 9.94. The Morgan fingerprint density at radius 2 is 1.74 bits per heavy atom. The van der Waals surface area contributed by atoms with E-state index in [0.717, 1.165) is 49.7 Å². The molecule has 9 heteroatoms. The third-order valence-corrected chi connectivity index (χ3v) is 6.79. The maximum atomic E-state index is 14.0. The van der Waals surface area contributed by atoms with Gasteiger partial charge in [0.25, 0.3) is 0 Å². The maximum Gasteiger partial charge on any atom is 0.408 e. The van der Waals surface area contributed by atoms with E-state index in [1.165, 1.54) is 4.90 Å². The van der Waals surface area contributed by atoms with Gasteiger partial charge in [-0.05, 0) is 70.6 Å². The van der Waals surface area contributed by atoms with Crippen molar-refractivity contribution in [3.05, 3.63) is 34.9 Å². The number of unbranched alkanes of at least 4 members (excludes halogenated alkanes) is 1. The molecule has 1 aromatic carbocycles. The number of nitrogens with two attached hydrogens (primary N) is 1. The van der Waals surface area contributed by atoms with Crippen molar-refractivity contribution in [1.82, 2.24) is 15.5 Å². The lowest BCUT2D eigenvalue weighted by Gasteiger charge is -2.35. The zero-order valence-electron chi connectivity index (χ0n) is 23.9. The lowest BCUT2D eigenvalue weighted by molar-refractivity contribution is -0.143. The molecule has 0 radical (unpaired) electrons. The van der Waals surface area contributed by atoms with Crippen LogP contribution in [0.25, 0.3) is 0 Å². The first kappa shape index (κ1) is 31.1. The van der Waals surface area contributed by atoms with Crippen LogP contribution in [0.3, 0.4) is 0 Å². The van der Waals surface area contributed by atoms with Crippen molar-refractivity contribution in [2.24, 2.45) is 5.73 Å². The van der Waals surface area contributed by atoms with Crippen molar-refractivity contribution in [1.29, 1.82) is 0 Å². The smallest absolute Gasteiger partial charge is 0.408 e. The molecule has 1 aromatic rings. The van der Waals surface area contributed by atoms with Crippen LogP contribution in [0.4, 0.5) is 4.79 Å². The summed E-state index contributed by atoms with van der Waals surface area (Å²) < 4.78 is 5.33. The normalized spacial score (nSPS) is 15.7. The van der Waals surface area contributed by atoms with Crippen molar-refractivity contribution in [2.45, 2.75) is 117 Å². The predicted octanol–water partition coefficient (Wildman–Crippen LogP) is 4.19. The number of primary amides is 1. The number of aryl methyl sites for hydroxylation is 2. The molecular weight excluding hydrogens is 484 g/mol. The Balaban J connectivity index is 2.49. The summed E-state index contributed by atoms with van der Waals surface area (Å²) >= 11 is 0. The van der Waals surface area contributed by atoms with Crippen LogP contribution in [-0.2, 0) is 19.1 Å². The first-order valence-corrected chi connectivity index (χ1v) is 13.8. The third-order valence-electron chi connectivity index (χ3n) is 6.79. The largest absolute Gasteiger partial charge is 0.444 e. The number of alkyl carbamates (subject to hydrolysis) is 1. The molecule has 0 bridgehead atoms. The molecule has 2 rings (SSSR count). The third kappa shape index (κ3) is 9.65. The van der Waals surface area contributed by atoms with Gasteiger partial charge in [-0.1, -0.05) is 50.8 Å². The number of hydrogen-bond donors (Lipinski definition) is 3. The first-order valence-electron chi connectivity index (χ1n) is 13.8. The predicted molar refractivity (Wildman–Crippen MR) is 147 cm³/mol. The van der Waals surface area contributed by atoms with E-state index in [2.05, 4.69) is 10.6 Å². The molecular formula is C29H46N4O5. The number of carbonyl (C=O) groups excluding carboxylic acids is 4. The first-order chi connectivity index (χ1) is 17.8. The van der Waals surface area contributed by atoms with Gasteiger partial charge in [0, 0.05) is 12.6 Å². The Bertz CT molecular complexity index is 982. The molecule has 4 amide bonds. The van der Waals surface area contributed by atoms with E-state index < -0.39 is 42.0 Å². The number of amides is 4. The second-order valence-electron chi connectivity index (χ2n) is 11.3. The summed E-state index contributed by atoms with van der Waals surface area (Å²) in [4.78, 5) is 53.9. The number of carbonyl (C=O) groups is 4. The van der Waals surface area contributed by atoms with Crippen molar-refractivity contribution in [3.8, 4) is 0 Å². The van der Waals surface area contributed by atoms with Gasteiger partial charge in [0.1, 0.15) is 17.7 Å². The highest BCUT2D eigenvalue weighted by atomic mass is 16.6. The Morgan fingerprint density at radius 1 is 1.08 bits per heavy atom. The van der Waals surface area contributed by atoms with E-state index in [1.807, 2.05) is 39.0 Å². The summed E-state index contributed by atoms with van der Waals surface area (Å²) in [7, 11) is 0. The van der Waals surface area contributed by atoms with Gasteiger partial charge in [0.05, 0.1) is 6.42 Å². The van der Waals surface area contributed by atoms with Crippen LogP contribution in [0.1, 0.15) is 102 Å². The van der Waals surface area contributed by atoms with Crippen molar-refractivity contribution < 1.29 is 23.9 Å². The number of nitrogens with one attached hydrogen (secondary N) is 2. The molecule has 0 saturated heterocycles. The van der Waals surface area contributed by atoms with Gasteiger partial charge >= 0.3 is 6.09 Å². The second kappa shape index (κ2) is 14.2. The average molecular weight is 531 g/mol. The average Bonchev–Trinajstić information content (AvgIpc) is 2.82. The molecule has 9 nitrogen and oxygen atoms in total. The molecule has 1 aliphatic rings. The van der Waals surface area contributed by atoms with Gasteiger partial charge < -0.3 is 26.0 Å². The van der Waals surface area contributed by atoms with Crippen molar-refractivity contribution >= 4 is 23.8 Å². The molecule has 4 N–H and O–H groups in total. The number of ether oxygens (including phenoxy) is 1. The molecule has 212 valence electrons. The SMILES string of the molecule is CCCCN(C(=O)C(CC(N)=O)NC(=O)OC(C)(C)C)C(C(=O)NC1CCCCC1)c1ccc(C)c(C)c1. The van der Waals surface area contributed by atoms with Crippen LogP contribution >= 0.6 is 0 Å². The molecule has 2 unspecified atom stereocenters. The molecule has 1 aliphatic carbocycles. The standard InChI is InChI=1S/C29H46N4O5/c1-7-8-16-33(27(36)23(18-24(30)34)32-28(37)38-29(4,5)6)25(21-15-14-19(2)20(3)17-21)26(35)31-22-12-10-9-11-13-22/h14-15,17,22-23,25H,7-13,16,18H2,1-6H3,(H2,30,34)(H,31,35)(H,32,37). The fourth-order valence-electron chi connectivity index (χ4n) is 4.68. The van der Waals surface area contributed by atoms with E-state index in [9.17, 15) is 19.2 Å². The Morgan fingerprint density at radius 3 is 2.29 bits per heavy atom. The number of rotatable bonds is 11. The van der Waals surface area contributed by atoms with E-state index in [4.69, 9.17) is 10.5 Å². The van der Waals surface area contributed by atoms with Crippen molar-refractivity contribution in [3.63, 3.8) is 0 Å². The van der Waals surface area contributed by atoms with Crippen molar-refractivity contribution in [2.75, 3.05) is 6.54 Å². The van der Waals surface area contributed by atoms with E-state index in [-0.39, 0.29) is 18.5 Å². The fourth-order valence-corrected chi connectivity index (χ4v) is 4.68. The number of benzene rings is 1. The topological polar surface area (TPSA) is 131 Å². The molecule has 0 aromatic heterocycles. The minimum absolute atomic E-state index is 0.0507. The number of hydrogen-bond acceptors (Lipinski definition) is 5. The van der Waals surface area contributed by atoms with Gasteiger partial charge in [-0.3, -0.25) is 14.4 Å². The molecule has 1 fully saturated rings. The minimum Gasteiger partial charge on any atom is -0.444 e. The highest BCUT2D eigenvalue weighted by Gasteiger charge is 2.37. The molecule has 0 aliphatic heterocycles. The van der Waals surface area contributed by atoms with Gasteiger partial charge in [-0.2, -0.15) is 0 Å². The summed E-state index contributed by atoms with van der Waals surface area (Å²) in [6.07, 6.45) is 5.24. The summed E-state index contributed by atoms with van der Waals surface area (Å²) in [5.41, 5.74) is 7.42. The lowest BCUT2D eigenvalue weighted by Crippen LogP contribution is -2.55. The van der Waals surface area contributed by atoms with Gasteiger partial charge in [-0.15, -0.1) is 0 Å². The summed E-state index contributed by atoms with van der Waals surface area (Å²) in [5, 5.41) is 5.70. The molecule has 2 atom stereocenters. The van der Waals surface area contributed by atoms with Crippen LogP contribution < -0.4 is 16.4 Å². The Labute approximate surface area is 227 Å². The Kier molecular flexibility index (Phi) is 11.6. The molecule has 1 saturated carbocycles. The fraction of sp³-hybridized carbons (Fsp3) is 0.655. The quantitative estimate of drug-likeness (QED) is 0.395. The summed E-state index contributed by atoms with van der Waals surface area (Å²) in [6.45, 7) is 11.3. The van der Waals surface area contributed by atoms with E-state index >= 15 is 0 Å². The van der Waals surface area contributed by atoms with E-state index in [1.54, 1.807) is 20.8 Å². The molecule has 0 heterocycles. The zero-order valence-corrected chi connectivity index (χ0v) is 23.9.